The Hall–Kier alpha value is -1.92. The molecule has 0 saturated carbocycles. The van der Waals surface area contributed by atoms with E-state index in [9.17, 15) is 9.59 Å². The number of hydrogen-bond donors (Lipinski definition) is 2. The molecule has 1 atom stereocenters. The first-order chi connectivity index (χ1) is 8.88. The van der Waals surface area contributed by atoms with Crippen LogP contribution in [-0.2, 0) is 11.3 Å². The molecule has 7 heteroatoms. The predicted octanol–water partition coefficient (Wildman–Crippen LogP) is 0.917. The lowest BCUT2D eigenvalue weighted by Crippen LogP contribution is -2.35. The molecule has 1 amide bonds. The Bertz CT molecular complexity index is 442. The van der Waals surface area contributed by atoms with Crippen LogP contribution in [0.25, 0.3) is 0 Å². The molecule has 19 heavy (non-hydrogen) atoms. The number of hydrogen-bond acceptors (Lipinski definition) is 4. The number of rotatable bonds is 7. The van der Waals surface area contributed by atoms with Crippen LogP contribution in [0.5, 0.6) is 0 Å². The van der Waals surface area contributed by atoms with Gasteiger partial charge in [0.2, 0.25) is 5.91 Å². The third-order valence-corrected chi connectivity index (χ3v) is 2.65. The minimum Gasteiger partial charge on any atom is -0.476 e. The lowest BCUT2D eigenvalue weighted by molar-refractivity contribution is -0.122. The highest BCUT2D eigenvalue weighted by Gasteiger charge is 2.12. The molecule has 0 fully saturated rings. The summed E-state index contributed by atoms with van der Waals surface area (Å²) >= 11 is 0. The molecule has 0 aliphatic heterocycles. The fraction of sp³-hybridized carbons (Fsp3) is 0.667. The van der Waals surface area contributed by atoms with E-state index in [-0.39, 0.29) is 24.2 Å². The largest absolute Gasteiger partial charge is 0.476 e. The van der Waals surface area contributed by atoms with Crippen LogP contribution in [0.4, 0.5) is 0 Å². The average Bonchev–Trinajstić information content (AvgIpc) is 2.74. The lowest BCUT2D eigenvalue weighted by atomic mass is 10.0. The van der Waals surface area contributed by atoms with Gasteiger partial charge in [0.15, 0.2) is 5.69 Å². The number of carboxylic acid groups (broad SMARTS) is 1. The molecule has 1 unspecified atom stereocenters. The second kappa shape index (κ2) is 6.86. The van der Waals surface area contributed by atoms with Gasteiger partial charge in [0.05, 0.1) is 6.20 Å². The molecule has 0 spiro atoms. The standard InChI is InChI=1S/C12H20N4O3/c1-8(2)4-5-9(3)13-11(17)7-16-6-10(12(18)19)14-15-16/h6,8-9H,4-5,7H2,1-3H3,(H,13,17)(H,18,19). The summed E-state index contributed by atoms with van der Waals surface area (Å²) in [6.07, 6.45) is 3.20. The van der Waals surface area contributed by atoms with Crippen LogP contribution in [0.2, 0.25) is 0 Å². The van der Waals surface area contributed by atoms with Crippen molar-refractivity contribution >= 4 is 11.9 Å². The molecule has 1 rings (SSSR count). The van der Waals surface area contributed by atoms with Gasteiger partial charge in [-0.1, -0.05) is 19.1 Å². The summed E-state index contributed by atoms with van der Waals surface area (Å²) in [4.78, 5) is 22.3. The SMILES string of the molecule is CC(C)CCC(C)NC(=O)Cn1cc(C(=O)O)nn1. The van der Waals surface area contributed by atoms with Crippen LogP contribution in [0.3, 0.4) is 0 Å². The second-order valence-electron chi connectivity index (χ2n) is 5.05. The maximum atomic E-state index is 11.7. The Morgan fingerprint density at radius 2 is 2.05 bits per heavy atom. The topological polar surface area (TPSA) is 97.1 Å². The van der Waals surface area contributed by atoms with E-state index in [1.54, 1.807) is 0 Å². The number of aromatic nitrogens is 3. The third-order valence-electron chi connectivity index (χ3n) is 2.65. The highest BCUT2D eigenvalue weighted by atomic mass is 16.4. The number of carbonyl (C=O) groups excluding carboxylic acids is 1. The van der Waals surface area contributed by atoms with Crippen molar-refractivity contribution < 1.29 is 14.7 Å². The van der Waals surface area contributed by atoms with Crippen LogP contribution < -0.4 is 5.32 Å². The molecule has 2 N–H and O–H groups in total. The highest BCUT2D eigenvalue weighted by molar-refractivity contribution is 5.84. The van der Waals surface area contributed by atoms with Crippen molar-refractivity contribution in [3.05, 3.63) is 11.9 Å². The van der Waals surface area contributed by atoms with E-state index < -0.39 is 5.97 Å². The summed E-state index contributed by atoms with van der Waals surface area (Å²) in [6.45, 7) is 6.20. The zero-order valence-corrected chi connectivity index (χ0v) is 11.5. The van der Waals surface area contributed by atoms with Crippen LogP contribution in [0.15, 0.2) is 6.20 Å². The molecular formula is C12H20N4O3. The fourth-order valence-electron chi connectivity index (χ4n) is 1.60. The van der Waals surface area contributed by atoms with Gasteiger partial charge in [0, 0.05) is 6.04 Å². The number of amides is 1. The first kappa shape index (κ1) is 15.1. The van der Waals surface area contributed by atoms with Crippen LogP contribution in [0, 0.1) is 5.92 Å². The van der Waals surface area contributed by atoms with Gasteiger partial charge in [0.1, 0.15) is 6.54 Å². The molecule has 0 saturated heterocycles. The number of nitrogens with one attached hydrogen (secondary N) is 1. The van der Waals surface area contributed by atoms with Gasteiger partial charge < -0.3 is 10.4 Å². The zero-order chi connectivity index (χ0) is 14.4. The predicted molar refractivity (Wildman–Crippen MR) is 68.7 cm³/mol. The smallest absolute Gasteiger partial charge is 0.358 e. The minimum absolute atomic E-state index is 0.0215. The molecule has 1 aromatic heterocycles. The third kappa shape index (κ3) is 5.50. The second-order valence-corrected chi connectivity index (χ2v) is 5.05. The summed E-state index contributed by atoms with van der Waals surface area (Å²) in [7, 11) is 0. The van der Waals surface area contributed by atoms with Gasteiger partial charge in [-0.15, -0.1) is 5.10 Å². The van der Waals surface area contributed by atoms with Gasteiger partial charge in [-0.3, -0.25) is 4.79 Å². The van der Waals surface area contributed by atoms with Crippen molar-refractivity contribution in [2.45, 2.75) is 46.2 Å². The number of nitrogens with zero attached hydrogens (tertiary/aromatic N) is 3. The summed E-state index contributed by atoms with van der Waals surface area (Å²) in [5, 5.41) is 18.6. The van der Waals surface area contributed by atoms with Crippen molar-refractivity contribution in [1.29, 1.82) is 0 Å². The van der Waals surface area contributed by atoms with Crippen molar-refractivity contribution in [3.63, 3.8) is 0 Å². The van der Waals surface area contributed by atoms with E-state index in [1.807, 2.05) is 6.92 Å². The normalized spacial score (nSPS) is 12.4. The maximum Gasteiger partial charge on any atom is 0.358 e. The number of carbonyl (C=O) groups is 2. The first-order valence-electron chi connectivity index (χ1n) is 6.31. The summed E-state index contributed by atoms with van der Waals surface area (Å²) in [5.41, 5.74) is -0.166. The molecule has 0 aliphatic carbocycles. The Morgan fingerprint density at radius 3 is 2.58 bits per heavy atom. The van der Waals surface area contributed by atoms with Gasteiger partial charge in [0.25, 0.3) is 0 Å². The quantitative estimate of drug-likeness (QED) is 0.766. The number of carboxylic acids is 1. The van der Waals surface area contributed by atoms with Gasteiger partial charge in [-0.2, -0.15) is 0 Å². The lowest BCUT2D eigenvalue weighted by Gasteiger charge is -2.14. The molecular weight excluding hydrogens is 248 g/mol. The summed E-state index contributed by atoms with van der Waals surface area (Å²) in [5.74, 6) is -0.747. The van der Waals surface area contributed by atoms with E-state index >= 15 is 0 Å². The van der Waals surface area contributed by atoms with Crippen molar-refractivity contribution in [2.24, 2.45) is 5.92 Å². The van der Waals surface area contributed by atoms with E-state index in [1.165, 1.54) is 10.9 Å². The molecule has 0 bridgehead atoms. The minimum atomic E-state index is -1.16. The summed E-state index contributed by atoms with van der Waals surface area (Å²) in [6, 6.07) is 0.0948. The van der Waals surface area contributed by atoms with E-state index in [0.717, 1.165) is 12.8 Å². The maximum absolute atomic E-state index is 11.7. The molecule has 0 aliphatic rings. The fourth-order valence-corrected chi connectivity index (χ4v) is 1.60. The highest BCUT2D eigenvalue weighted by Crippen LogP contribution is 2.06. The Labute approximate surface area is 112 Å². The van der Waals surface area contributed by atoms with Crippen LogP contribution in [-0.4, -0.2) is 38.0 Å². The molecule has 1 heterocycles. The Balaban J connectivity index is 2.39. The van der Waals surface area contributed by atoms with Crippen LogP contribution in [0.1, 0.15) is 44.1 Å². The monoisotopic (exact) mass is 268 g/mol. The Morgan fingerprint density at radius 1 is 1.37 bits per heavy atom. The van der Waals surface area contributed by atoms with Crippen molar-refractivity contribution in [3.8, 4) is 0 Å². The van der Waals surface area contributed by atoms with Gasteiger partial charge in [-0.05, 0) is 25.7 Å². The van der Waals surface area contributed by atoms with Gasteiger partial charge in [-0.25, -0.2) is 9.48 Å². The molecule has 0 radical (unpaired) electrons. The van der Waals surface area contributed by atoms with E-state index in [0.29, 0.717) is 5.92 Å². The van der Waals surface area contributed by atoms with Gasteiger partial charge >= 0.3 is 5.97 Å². The molecule has 106 valence electrons. The van der Waals surface area contributed by atoms with E-state index in [4.69, 9.17) is 5.11 Å². The first-order valence-corrected chi connectivity index (χ1v) is 6.31. The number of aromatic carboxylic acids is 1. The average molecular weight is 268 g/mol. The van der Waals surface area contributed by atoms with Crippen molar-refractivity contribution in [2.75, 3.05) is 0 Å². The van der Waals surface area contributed by atoms with Crippen molar-refractivity contribution in [1.82, 2.24) is 20.3 Å². The molecule has 7 nitrogen and oxygen atoms in total. The Kier molecular flexibility index (Phi) is 5.47. The van der Waals surface area contributed by atoms with E-state index in [2.05, 4.69) is 29.5 Å². The van der Waals surface area contributed by atoms with Crippen LogP contribution >= 0.6 is 0 Å². The summed E-state index contributed by atoms with van der Waals surface area (Å²) < 4.78 is 1.22. The molecule has 1 aromatic rings. The molecule has 0 aromatic carbocycles. The zero-order valence-electron chi connectivity index (χ0n) is 11.5.